The summed E-state index contributed by atoms with van der Waals surface area (Å²) in [5.74, 6) is 0.906. The smallest absolute Gasteiger partial charge is 0.155 e. The van der Waals surface area contributed by atoms with Crippen LogP contribution in [-0.2, 0) is 11.2 Å². The molecule has 0 radical (unpaired) electrons. The predicted octanol–water partition coefficient (Wildman–Crippen LogP) is 5.38. The van der Waals surface area contributed by atoms with Crippen molar-refractivity contribution in [1.29, 1.82) is 0 Å². The summed E-state index contributed by atoms with van der Waals surface area (Å²) in [6, 6.07) is 5.96. The number of carbonyl (C=O) groups excluding carboxylic acids is 1. The molecule has 0 atom stereocenters. The Kier molecular flexibility index (Phi) is 8.84. The highest BCUT2D eigenvalue weighted by Gasteiger charge is 2.07. The third kappa shape index (κ3) is 6.81. The van der Waals surface area contributed by atoms with Crippen LogP contribution in [0.3, 0.4) is 0 Å². The van der Waals surface area contributed by atoms with Gasteiger partial charge in [-0.2, -0.15) is 0 Å². The van der Waals surface area contributed by atoms with Gasteiger partial charge in [-0.25, -0.2) is 0 Å². The Morgan fingerprint density at radius 1 is 1.29 bits per heavy atom. The molecule has 0 saturated carbocycles. The Labute approximate surface area is 133 Å². The Morgan fingerprint density at radius 3 is 2.81 bits per heavy atom. The maximum Gasteiger partial charge on any atom is 0.155 e. The molecule has 0 unspecified atom stereocenters. The minimum absolute atomic E-state index is 0.124. The maximum atomic E-state index is 11.1. The Balaban J connectivity index is 2.39. The molecular weight excluding hydrogens is 284 g/mol. The van der Waals surface area contributed by atoms with Gasteiger partial charge in [-0.3, -0.25) is 4.79 Å². The van der Waals surface area contributed by atoms with Gasteiger partial charge in [-0.05, 0) is 43.4 Å². The molecule has 1 aromatic carbocycles. The zero-order valence-corrected chi connectivity index (χ0v) is 13.6. The molecule has 0 aliphatic carbocycles. The average Bonchev–Trinajstić information content (AvgIpc) is 2.50. The number of benzene rings is 1. The standard InChI is InChI=1S/C18H25ClO2/c1-3-5-14-21-17-13-9-11-15(18(17)19)10-7-6-8-12-16(20)4-2/h4,9,11,13H,2-3,5-8,10,12,14H2,1H3. The molecule has 0 bridgehead atoms. The minimum Gasteiger partial charge on any atom is -0.492 e. The summed E-state index contributed by atoms with van der Waals surface area (Å²) in [7, 11) is 0. The lowest BCUT2D eigenvalue weighted by atomic mass is 10.0. The molecular formula is C18H25ClO2. The fourth-order valence-corrected chi connectivity index (χ4v) is 2.36. The van der Waals surface area contributed by atoms with E-state index in [-0.39, 0.29) is 5.78 Å². The lowest BCUT2D eigenvalue weighted by Gasteiger charge is -2.11. The van der Waals surface area contributed by atoms with Crippen LogP contribution in [0.25, 0.3) is 0 Å². The Bertz CT molecular complexity index is 455. The molecule has 116 valence electrons. The zero-order chi connectivity index (χ0) is 15.5. The normalized spacial score (nSPS) is 10.4. The maximum absolute atomic E-state index is 11.1. The number of unbranched alkanes of at least 4 members (excludes halogenated alkanes) is 3. The molecule has 0 aliphatic rings. The number of aryl methyl sites for hydroxylation is 1. The van der Waals surface area contributed by atoms with Crippen LogP contribution in [0.15, 0.2) is 30.9 Å². The van der Waals surface area contributed by atoms with Gasteiger partial charge in [0.05, 0.1) is 11.6 Å². The number of allylic oxidation sites excluding steroid dienone is 1. The zero-order valence-electron chi connectivity index (χ0n) is 12.9. The average molecular weight is 309 g/mol. The third-order valence-corrected chi connectivity index (χ3v) is 3.82. The summed E-state index contributed by atoms with van der Waals surface area (Å²) >= 11 is 6.38. The van der Waals surface area contributed by atoms with E-state index < -0.39 is 0 Å². The first-order valence-electron chi connectivity index (χ1n) is 7.74. The van der Waals surface area contributed by atoms with Crippen molar-refractivity contribution in [2.75, 3.05) is 6.61 Å². The second kappa shape index (κ2) is 10.4. The van der Waals surface area contributed by atoms with E-state index in [0.29, 0.717) is 13.0 Å². The molecule has 1 rings (SSSR count). The van der Waals surface area contributed by atoms with Gasteiger partial charge in [0.15, 0.2) is 5.78 Å². The van der Waals surface area contributed by atoms with E-state index in [2.05, 4.69) is 13.5 Å². The first-order valence-corrected chi connectivity index (χ1v) is 8.12. The lowest BCUT2D eigenvalue weighted by molar-refractivity contribution is -0.114. The van der Waals surface area contributed by atoms with Gasteiger partial charge in [0.2, 0.25) is 0 Å². The van der Waals surface area contributed by atoms with Crippen LogP contribution < -0.4 is 4.74 Å². The molecule has 1 aromatic rings. The van der Waals surface area contributed by atoms with Crippen molar-refractivity contribution in [2.45, 2.75) is 51.9 Å². The summed E-state index contributed by atoms with van der Waals surface area (Å²) in [5.41, 5.74) is 1.13. The van der Waals surface area contributed by atoms with E-state index in [1.807, 2.05) is 18.2 Å². The molecule has 0 aliphatic heterocycles. The first kappa shape index (κ1) is 17.8. The van der Waals surface area contributed by atoms with Crippen molar-refractivity contribution < 1.29 is 9.53 Å². The van der Waals surface area contributed by atoms with Crippen LogP contribution in [0.4, 0.5) is 0 Å². The van der Waals surface area contributed by atoms with Gasteiger partial charge >= 0.3 is 0 Å². The van der Waals surface area contributed by atoms with Gasteiger partial charge in [-0.1, -0.05) is 50.1 Å². The summed E-state index contributed by atoms with van der Waals surface area (Å²) in [6.45, 7) is 6.33. The molecule has 21 heavy (non-hydrogen) atoms. The fraction of sp³-hybridized carbons (Fsp3) is 0.500. The first-order chi connectivity index (χ1) is 10.2. The van der Waals surface area contributed by atoms with Crippen molar-refractivity contribution in [3.8, 4) is 5.75 Å². The Morgan fingerprint density at radius 2 is 2.10 bits per heavy atom. The monoisotopic (exact) mass is 308 g/mol. The van der Waals surface area contributed by atoms with Crippen molar-refractivity contribution in [1.82, 2.24) is 0 Å². The number of ether oxygens (including phenoxy) is 1. The molecule has 0 N–H and O–H groups in total. The van der Waals surface area contributed by atoms with E-state index in [9.17, 15) is 4.79 Å². The quantitative estimate of drug-likeness (QED) is 0.405. The third-order valence-electron chi connectivity index (χ3n) is 3.40. The summed E-state index contributed by atoms with van der Waals surface area (Å²) in [5, 5.41) is 0.732. The second-order valence-electron chi connectivity index (χ2n) is 5.16. The highest BCUT2D eigenvalue weighted by Crippen LogP contribution is 2.29. The predicted molar refractivity (Wildman–Crippen MR) is 89.2 cm³/mol. The van der Waals surface area contributed by atoms with E-state index in [0.717, 1.165) is 54.9 Å². The van der Waals surface area contributed by atoms with Crippen LogP contribution in [0.2, 0.25) is 5.02 Å². The van der Waals surface area contributed by atoms with Crippen LogP contribution in [-0.4, -0.2) is 12.4 Å². The number of hydrogen-bond acceptors (Lipinski definition) is 2. The van der Waals surface area contributed by atoms with Gasteiger partial charge in [-0.15, -0.1) is 0 Å². The largest absolute Gasteiger partial charge is 0.492 e. The van der Waals surface area contributed by atoms with Crippen molar-refractivity contribution in [2.24, 2.45) is 0 Å². The Hall–Kier alpha value is -1.28. The van der Waals surface area contributed by atoms with Crippen molar-refractivity contribution >= 4 is 17.4 Å². The van der Waals surface area contributed by atoms with Crippen LogP contribution in [0, 0.1) is 0 Å². The topological polar surface area (TPSA) is 26.3 Å². The van der Waals surface area contributed by atoms with E-state index in [1.165, 1.54) is 6.08 Å². The second-order valence-corrected chi connectivity index (χ2v) is 5.54. The van der Waals surface area contributed by atoms with E-state index in [4.69, 9.17) is 16.3 Å². The number of ketones is 1. The molecule has 3 heteroatoms. The van der Waals surface area contributed by atoms with E-state index in [1.54, 1.807) is 0 Å². The van der Waals surface area contributed by atoms with Gasteiger partial charge in [0.1, 0.15) is 5.75 Å². The fourth-order valence-electron chi connectivity index (χ4n) is 2.08. The summed E-state index contributed by atoms with van der Waals surface area (Å²) < 4.78 is 5.70. The van der Waals surface area contributed by atoms with Crippen LogP contribution >= 0.6 is 11.6 Å². The molecule has 2 nitrogen and oxygen atoms in total. The van der Waals surface area contributed by atoms with Crippen molar-refractivity contribution in [3.63, 3.8) is 0 Å². The minimum atomic E-state index is 0.124. The molecule has 0 spiro atoms. The van der Waals surface area contributed by atoms with Gasteiger partial charge < -0.3 is 4.74 Å². The number of rotatable bonds is 11. The SMILES string of the molecule is C=CC(=O)CCCCCc1cccc(OCCCC)c1Cl. The number of halogens is 1. The molecule has 0 aromatic heterocycles. The van der Waals surface area contributed by atoms with E-state index >= 15 is 0 Å². The molecule has 0 amide bonds. The molecule has 0 heterocycles. The highest BCUT2D eigenvalue weighted by atomic mass is 35.5. The molecule has 0 saturated heterocycles. The van der Waals surface area contributed by atoms with Crippen LogP contribution in [0.5, 0.6) is 5.75 Å². The van der Waals surface area contributed by atoms with Gasteiger partial charge in [0, 0.05) is 6.42 Å². The summed E-state index contributed by atoms with van der Waals surface area (Å²) in [4.78, 5) is 11.1. The van der Waals surface area contributed by atoms with Crippen molar-refractivity contribution in [3.05, 3.63) is 41.4 Å². The molecule has 0 fully saturated rings. The number of carbonyl (C=O) groups is 1. The summed E-state index contributed by atoms with van der Waals surface area (Å²) in [6.07, 6.45) is 8.03. The van der Waals surface area contributed by atoms with Crippen LogP contribution in [0.1, 0.15) is 51.0 Å². The van der Waals surface area contributed by atoms with Gasteiger partial charge in [0.25, 0.3) is 0 Å². The highest BCUT2D eigenvalue weighted by molar-refractivity contribution is 6.32. The lowest BCUT2D eigenvalue weighted by Crippen LogP contribution is -1.98. The number of hydrogen-bond donors (Lipinski definition) is 0.